The van der Waals surface area contributed by atoms with Gasteiger partial charge < -0.3 is 9.80 Å². The van der Waals surface area contributed by atoms with Gasteiger partial charge in [0.1, 0.15) is 6.54 Å². The van der Waals surface area contributed by atoms with Crippen LogP contribution in [0.5, 0.6) is 0 Å². The van der Waals surface area contributed by atoms with Gasteiger partial charge in [0.05, 0.1) is 45.2 Å². The summed E-state index contributed by atoms with van der Waals surface area (Å²) in [7, 11) is -1.50. The van der Waals surface area contributed by atoms with Gasteiger partial charge in [-0.05, 0) is 24.6 Å². The highest BCUT2D eigenvalue weighted by atomic mass is 35.5. The number of carbonyl (C=O) groups is 1. The van der Waals surface area contributed by atoms with Gasteiger partial charge in [-0.1, -0.05) is 17.7 Å². The minimum absolute atomic E-state index is 0.178. The van der Waals surface area contributed by atoms with Gasteiger partial charge in [-0.3, -0.25) is 9.10 Å². The molecule has 128 valence electrons. The van der Waals surface area contributed by atoms with Crippen LogP contribution in [0.15, 0.2) is 18.2 Å². The lowest BCUT2D eigenvalue weighted by Gasteiger charge is -2.32. The number of rotatable bonds is 4. The smallest absolute Gasteiger partial charge is 0.243 e. The Kier molecular flexibility index (Phi) is 5.54. The van der Waals surface area contributed by atoms with E-state index in [4.69, 9.17) is 11.6 Å². The summed E-state index contributed by atoms with van der Waals surface area (Å²) in [6, 6.07) is 5.03. The SMILES string of the molecule is Cc1ccc(Cl)cc1N(CC(=O)N1CC[NH+](C)CC1)S(C)(=O)=O. The highest BCUT2D eigenvalue weighted by Gasteiger charge is 2.27. The van der Waals surface area contributed by atoms with Crippen LogP contribution in [0, 0.1) is 6.92 Å². The van der Waals surface area contributed by atoms with Gasteiger partial charge in [0, 0.05) is 5.02 Å². The monoisotopic (exact) mass is 360 g/mol. The molecule has 1 fully saturated rings. The first-order valence-electron chi connectivity index (χ1n) is 7.51. The van der Waals surface area contributed by atoms with Crippen molar-refractivity contribution in [2.75, 3.05) is 50.3 Å². The molecule has 1 aliphatic rings. The first-order chi connectivity index (χ1) is 10.7. The van der Waals surface area contributed by atoms with Crippen molar-refractivity contribution in [1.29, 1.82) is 0 Å². The third kappa shape index (κ3) is 4.59. The Morgan fingerprint density at radius 2 is 1.96 bits per heavy atom. The lowest BCUT2D eigenvalue weighted by Crippen LogP contribution is -3.12. The number of benzene rings is 1. The average molecular weight is 361 g/mol. The van der Waals surface area contributed by atoms with Crippen molar-refractivity contribution >= 4 is 33.2 Å². The number of anilines is 1. The number of aryl methyl sites for hydroxylation is 1. The number of likely N-dealkylation sites (N-methyl/N-ethyl adjacent to an activating group) is 1. The summed E-state index contributed by atoms with van der Waals surface area (Å²) in [6.45, 7) is 4.65. The molecule has 1 heterocycles. The standard InChI is InChI=1S/C15H22ClN3O3S/c1-12-4-5-13(16)10-14(12)19(23(3,21)22)11-15(20)18-8-6-17(2)7-9-18/h4-5,10H,6-9,11H2,1-3H3/p+1. The molecule has 1 saturated heterocycles. The largest absolute Gasteiger partial charge is 0.334 e. The summed E-state index contributed by atoms with van der Waals surface area (Å²) in [5.41, 5.74) is 1.21. The summed E-state index contributed by atoms with van der Waals surface area (Å²) in [5.74, 6) is -0.178. The number of nitrogens with zero attached hydrogens (tertiary/aromatic N) is 2. The number of halogens is 1. The maximum absolute atomic E-state index is 12.5. The van der Waals surface area contributed by atoms with E-state index in [-0.39, 0.29) is 12.5 Å². The maximum Gasteiger partial charge on any atom is 0.243 e. The number of hydrogen-bond donors (Lipinski definition) is 1. The number of piperazine rings is 1. The predicted molar refractivity (Wildman–Crippen MR) is 91.6 cm³/mol. The highest BCUT2D eigenvalue weighted by molar-refractivity contribution is 7.92. The number of hydrogen-bond acceptors (Lipinski definition) is 3. The van der Waals surface area contributed by atoms with E-state index in [0.29, 0.717) is 23.8 Å². The van der Waals surface area contributed by atoms with E-state index >= 15 is 0 Å². The van der Waals surface area contributed by atoms with Crippen molar-refractivity contribution in [3.8, 4) is 0 Å². The van der Waals surface area contributed by atoms with Crippen LogP contribution in [0.4, 0.5) is 5.69 Å². The van der Waals surface area contributed by atoms with Crippen molar-refractivity contribution in [1.82, 2.24) is 4.90 Å². The van der Waals surface area contributed by atoms with E-state index in [1.807, 2.05) is 0 Å². The molecule has 0 spiro atoms. The predicted octanol–water partition coefficient (Wildman–Crippen LogP) is -0.229. The zero-order chi connectivity index (χ0) is 17.2. The minimum Gasteiger partial charge on any atom is -0.334 e. The van der Waals surface area contributed by atoms with Crippen LogP contribution >= 0.6 is 11.6 Å². The zero-order valence-electron chi connectivity index (χ0n) is 13.7. The number of amides is 1. The topological polar surface area (TPSA) is 62.1 Å². The van der Waals surface area contributed by atoms with Gasteiger partial charge in [-0.2, -0.15) is 0 Å². The van der Waals surface area contributed by atoms with Gasteiger partial charge in [0.25, 0.3) is 0 Å². The molecule has 0 aliphatic carbocycles. The normalized spacial score (nSPS) is 16.4. The average Bonchev–Trinajstić information content (AvgIpc) is 2.47. The number of carbonyl (C=O) groups excluding carboxylic acids is 1. The molecule has 2 rings (SSSR count). The molecule has 23 heavy (non-hydrogen) atoms. The van der Waals surface area contributed by atoms with Crippen molar-refractivity contribution < 1.29 is 18.1 Å². The first-order valence-corrected chi connectivity index (χ1v) is 9.74. The molecular weight excluding hydrogens is 338 g/mol. The van der Waals surface area contributed by atoms with Crippen molar-refractivity contribution in [2.24, 2.45) is 0 Å². The van der Waals surface area contributed by atoms with Crippen molar-refractivity contribution in [2.45, 2.75) is 6.92 Å². The van der Waals surface area contributed by atoms with E-state index in [2.05, 4.69) is 7.05 Å². The van der Waals surface area contributed by atoms with Crippen molar-refractivity contribution in [3.05, 3.63) is 28.8 Å². The lowest BCUT2D eigenvalue weighted by atomic mass is 10.2. The molecule has 6 nitrogen and oxygen atoms in total. The summed E-state index contributed by atoms with van der Waals surface area (Å²) in [6.07, 6.45) is 1.11. The fourth-order valence-corrected chi connectivity index (χ4v) is 3.66. The van der Waals surface area contributed by atoms with E-state index < -0.39 is 10.0 Å². The van der Waals surface area contributed by atoms with Gasteiger partial charge in [0.2, 0.25) is 15.9 Å². The minimum atomic E-state index is -3.58. The second-order valence-electron chi connectivity index (χ2n) is 6.04. The molecule has 1 aliphatic heterocycles. The van der Waals surface area contributed by atoms with Gasteiger partial charge >= 0.3 is 0 Å². The van der Waals surface area contributed by atoms with Crippen LogP contribution in [0.25, 0.3) is 0 Å². The van der Waals surface area contributed by atoms with Crippen LogP contribution in [0.1, 0.15) is 5.56 Å². The Bertz CT molecular complexity index is 685. The molecule has 8 heteroatoms. The summed E-state index contributed by atoms with van der Waals surface area (Å²) < 4.78 is 25.5. The second kappa shape index (κ2) is 7.07. The van der Waals surface area contributed by atoms with Crippen molar-refractivity contribution in [3.63, 3.8) is 0 Å². The molecule has 0 aromatic heterocycles. The molecule has 1 N–H and O–H groups in total. The Balaban J connectivity index is 2.23. The molecule has 0 radical (unpaired) electrons. The van der Waals surface area contributed by atoms with Gasteiger partial charge in [0.15, 0.2) is 0 Å². The lowest BCUT2D eigenvalue weighted by molar-refractivity contribution is -0.883. The maximum atomic E-state index is 12.5. The van der Waals surface area contributed by atoms with E-state index in [1.54, 1.807) is 30.0 Å². The third-order valence-electron chi connectivity index (χ3n) is 4.09. The molecule has 0 unspecified atom stereocenters. The Hall–Kier alpha value is -1.31. The second-order valence-corrected chi connectivity index (χ2v) is 8.38. The van der Waals surface area contributed by atoms with E-state index in [1.165, 1.54) is 4.90 Å². The summed E-state index contributed by atoms with van der Waals surface area (Å²) in [4.78, 5) is 15.6. The number of nitrogens with one attached hydrogen (secondary N) is 1. The van der Waals surface area contributed by atoms with Gasteiger partial charge in [-0.25, -0.2) is 8.42 Å². The van der Waals surface area contributed by atoms with Crippen LogP contribution < -0.4 is 9.21 Å². The fraction of sp³-hybridized carbons (Fsp3) is 0.533. The molecule has 1 aromatic carbocycles. The fourth-order valence-electron chi connectivity index (χ4n) is 2.59. The summed E-state index contributed by atoms with van der Waals surface area (Å²) >= 11 is 5.99. The zero-order valence-corrected chi connectivity index (χ0v) is 15.2. The van der Waals surface area contributed by atoms with Gasteiger partial charge in [-0.15, -0.1) is 0 Å². The Morgan fingerprint density at radius 1 is 1.35 bits per heavy atom. The van der Waals surface area contributed by atoms with Crippen LogP contribution in [0.2, 0.25) is 5.02 Å². The van der Waals surface area contributed by atoms with Crippen LogP contribution in [0.3, 0.4) is 0 Å². The Morgan fingerprint density at radius 3 is 2.52 bits per heavy atom. The number of quaternary nitrogens is 1. The molecule has 1 amide bonds. The third-order valence-corrected chi connectivity index (χ3v) is 5.45. The molecule has 0 bridgehead atoms. The number of sulfonamides is 1. The van der Waals surface area contributed by atoms with Crippen LogP contribution in [-0.4, -0.2) is 65.3 Å². The Labute approximate surface area is 142 Å². The molecule has 0 saturated carbocycles. The molecular formula is C15H23ClN3O3S+. The quantitative estimate of drug-likeness (QED) is 0.807. The first kappa shape index (κ1) is 18.0. The van der Waals surface area contributed by atoms with Crippen LogP contribution in [-0.2, 0) is 14.8 Å². The summed E-state index contributed by atoms with van der Waals surface area (Å²) in [5, 5.41) is 0.440. The van der Waals surface area contributed by atoms with E-state index in [9.17, 15) is 13.2 Å². The molecule has 0 atom stereocenters. The van der Waals surface area contributed by atoms with E-state index in [0.717, 1.165) is 29.2 Å². The highest BCUT2D eigenvalue weighted by Crippen LogP contribution is 2.26. The molecule has 1 aromatic rings.